The summed E-state index contributed by atoms with van der Waals surface area (Å²) in [6, 6.07) is 1.57. The number of nitrogen functional groups attached to an aromatic ring is 1. The molecule has 0 unspecified atom stereocenters. The highest BCUT2D eigenvalue weighted by Crippen LogP contribution is 2.22. The maximum atomic E-state index is 12.1. The predicted molar refractivity (Wildman–Crippen MR) is 82.8 cm³/mol. The van der Waals surface area contributed by atoms with Gasteiger partial charge in [-0.05, 0) is 35.3 Å². The second kappa shape index (κ2) is 6.26. The van der Waals surface area contributed by atoms with E-state index in [1.54, 1.807) is 17.7 Å². The third-order valence-electron chi connectivity index (χ3n) is 3.17. The average molecular weight is 353 g/mol. The zero-order valence-electron chi connectivity index (χ0n) is 12.2. The van der Waals surface area contributed by atoms with Gasteiger partial charge in [0.15, 0.2) is 0 Å². The first-order chi connectivity index (χ1) is 9.93. The zero-order chi connectivity index (χ0) is 15.6. The number of nitrogens with two attached hydrogens (primary N) is 1. The van der Waals surface area contributed by atoms with E-state index in [2.05, 4.69) is 26.0 Å². The van der Waals surface area contributed by atoms with Gasteiger partial charge in [-0.1, -0.05) is 6.92 Å². The molecule has 112 valence electrons. The largest absolute Gasteiger partial charge is 0.456 e. The normalized spacial score (nSPS) is 10.7. The lowest BCUT2D eigenvalue weighted by molar-refractivity contribution is 0.0461. The van der Waals surface area contributed by atoms with Gasteiger partial charge in [-0.15, -0.1) is 0 Å². The summed E-state index contributed by atoms with van der Waals surface area (Å²) in [4.78, 5) is 16.2. The number of esters is 1. The Hall–Kier alpha value is -1.89. The van der Waals surface area contributed by atoms with Crippen molar-refractivity contribution in [2.45, 2.75) is 26.9 Å². The number of hydrogen-bond donors (Lipinski definition) is 1. The summed E-state index contributed by atoms with van der Waals surface area (Å²) >= 11 is 3.49. The van der Waals surface area contributed by atoms with Gasteiger partial charge < -0.3 is 10.5 Å². The highest BCUT2D eigenvalue weighted by molar-refractivity contribution is 9.10. The maximum absolute atomic E-state index is 12.1. The number of pyridine rings is 1. The van der Waals surface area contributed by atoms with Crippen molar-refractivity contribution in [2.75, 3.05) is 5.73 Å². The van der Waals surface area contributed by atoms with Crippen LogP contribution in [0.3, 0.4) is 0 Å². The van der Waals surface area contributed by atoms with Crippen LogP contribution in [-0.4, -0.2) is 20.7 Å². The van der Waals surface area contributed by atoms with Crippen LogP contribution in [0.15, 0.2) is 16.7 Å². The van der Waals surface area contributed by atoms with E-state index < -0.39 is 5.97 Å². The molecule has 2 rings (SSSR count). The first-order valence-corrected chi connectivity index (χ1v) is 7.32. The van der Waals surface area contributed by atoms with E-state index in [0.717, 1.165) is 22.3 Å². The summed E-state index contributed by atoms with van der Waals surface area (Å²) < 4.78 is 7.93. The summed E-state index contributed by atoms with van der Waals surface area (Å²) in [6.45, 7) is 3.90. The number of ether oxygens (including phenoxy) is 1. The topological polar surface area (TPSA) is 83.0 Å². The molecule has 0 spiro atoms. The minimum Gasteiger partial charge on any atom is -0.456 e. The first kappa shape index (κ1) is 15.5. The van der Waals surface area contributed by atoms with Gasteiger partial charge in [0, 0.05) is 7.05 Å². The van der Waals surface area contributed by atoms with E-state index in [1.807, 2.05) is 14.0 Å². The molecule has 0 fully saturated rings. The summed E-state index contributed by atoms with van der Waals surface area (Å²) in [5.74, 6) is -0.446. The van der Waals surface area contributed by atoms with Gasteiger partial charge in [-0.3, -0.25) is 9.67 Å². The van der Waals surface area contributed by atoms with E-state index in [0.29, 0.717) is 16.9 Å². The van der Waals surface area contributed by atoms with Crippen LogP contribution < -0.4 is 5.73 Å². The van der Waals surface area contributed by atoms with Gasteiger partial charge >= 0.3 is 5.97 Å². The van der Waals surface area contributed by atoms with Crippen molar-refractivity contribution in [2.24, 2.45) is 7.05 Å². The van der Waals surface area contributed by atoms with E-state index in [4.69, 9.17) is 10.5 Å². The fourth-order valence-corrected chi connectivity index (χ4v) is 2.67. The lowest BCUT2D eigenvalue weighted by Gasteiger charge is -2.08. The Morgan fingerprint density at radius 2 is 2.24 bits per heavy atom. The average Bonchev–Trinajstić information content (AvgIpc) is 2.73. The number of anilines is 1. The van der Waals surface area contributed by atoms with Crippen LogP contribution in [0, 0.1) is 6.92 Å². The lowest BCUT2D eigenvalue weighted by atomic mass is 10.2. The summed E-state index contributed by atoms with van der Waals surface area (Å²) in [6.07, 6.45) is 2.32. The lowest BCUT2D eigenvalue weighted by Crippen LogP contribution is -2.11. The Morgan fingerprint density at radius 1 is 1.52 bits per heavy atom. The smallest absolute Gasteiger partial charge is 0.340 e. The van der Waals surface area contributed by atoms with E-state index in [1.165, 1.54) is 6.20 Å². The number of nitrogens with zero attached hydrogens (tertiary/aromatic N) is 3. The van der Waals surface area contributed by atoms with Crippen molar-refractivity contribution in [1.82, 2.24) is 14.8 Å². The predicted octanol–water partition coefficient (Wildman–Crippen LogP) is 2.39. The molecule has 2 aromatic rings. The number of carbonyl (C=O) groups excluding carboxylic acids is 1. The van der Waals surface area contributed by atoms with E-state index >= 15 is 0 Å². The van der Waals surface area contributed by atoms with Crippen LogP contribution in [0.5, 0.6) is 0 Å². The molecule has 0 saturated heterocycles. The summed E-state index contributed by atoms with van der Waals surface area (Å²) in [7, 11) is 1.82. The van der Waals surface area contributed by atoms with Crippen molar-refractivity contribution in [1.29, 1.82) is 0 Å². The molecule has 0 saturated carbocycles. The molecule has 7 heteroatoms. The molecule has 0 aromatic carbocycles. The highest BCUT2D eigenvalue weighted by atomic mass is 79.9. The van der Waals surface area contributed by atoms with Gasteiger partial charge in [0.05, 0.1) is 39.0 Å². The number of aryl methyl sites for hydroxylation is 3. The molecule has 6 nitrogen and oxygen atoms in total. The molecular formula is C14H17BrN4O2. The standard InChI is InChI=1S/C14H17BrN4O2/c1-4-11-13(15)12(19(3)18-11)7-21-14(20)10-5-9(16)6-17-8(10)2/h5-6H,4,7,16H2,1-3H3. The fraction of sp³-hybridized carbons (Fsp3) is 0.357. The molecule has 0 bridgehead atoms. The maximum Gasteiger partial charge on any atom is 0.340 e. The molecule has 0 amide bonds. The Labute approximate surface area is 131 Å². The van der Waals surface area contributed by atoms with Crippen LogP contribution in [0.25, 0.3) is 0 Å². The molecule has 0 aliphatic rings. The molecule has 2 heterocycles. The van der Waals surface area contributed by atoms with Crippen LogP contribution in [-0.2, 0) is 24.8 Å². The molecule has 2 N–H and O–H groups in total. The number of rotatable bonds is 4. The van der Waals surface area contributed by atoms with Gasteiger partial charge in [-0.25, -0.2) is 4.79 Å². The van der Waals surface area contributed by atoms with Crippen LogP contribution in [0.2, 0.25) is 0 Å². The second-order valence-electron chi connectivity index (χ2n) is 4.66. The summed E-state index contributed by atoms with van der Waals surface area (Å²) in [5, 5.41) is 4.36. The summed E-state index contributed by atoms with van der Waals surface area (Å²) in [5.41, 5.74) is 8.80. The third-order valence-corrected chi connectivity index (χ3v) is 4.09. The van der Waals surface area contributed by atoms with Crippen molar-refractivity contribution in [3.63, 3.8) is 0 Å². The Bertz CT molecular complexity index is 682. The number of hydrogen-bond acceptors (Lipinski definition) is 5. The third kappa shape index (κ3) is 3.24. The van der Waals surface area contributed by atoms with Gasteiger partial charge in [-0.2, -0.15) is 5.10 Å². The Morgan fingerprint density at radius 3 is 2.86 bits per heavy atom. The molecule has 0 aliphatic carbocycles. The van der Waals surface area contributed by atoms with Crippen molar-refractivity contribution in [3.8, 4) is 0 Å². The molecule has 21 heavy (non-hydrogen) atoms. The number of halogens is 1. The second-order valence-corrected chi connectivity index (χ2v) is 5.46. The van der Waals surface area contributed by atoms with Gasteiger partial charge in [0.25, 0.3) is 0 Å². The number of carbonyl (C=O) groups is 1. The number of aromatic nitrogens is 3. The Kier molecular flexibility index (Phi) is 4.62. The zero-order valence-corrected chi connectivity index (χ0v) is 13.8. The fourth-order valence-electron chi connectivity index (χ4n) is 1.94. The monoisotopic (exact) mass is 352 g/mol. The van der Waals surface area contributed by atoms with Crippen LogP contribution >= 0.6 is 15.9 Å². The van der Waals surface area contributed by atoms with Gasteiger partial charge in [0.1, 0.15) is 6.61 Å². The molecular weight excluding hydrogens is 336 g/mol. The SMILES string of the molecule is CCc1nn(C)c(COC(=O)c2cc(N)cnc2C)c1Br. The minimum absolute atomic E-state index is 0.136. The van der Waals surface area contributed by atoms with E-state index in [-0.39, 0.29) is 6.61 Å². The van der Waals surface area contributed by atoms with Crippen LogP contribution in [0.4, 0.5) is 5.69 Å². The van der Waals surface area contributed by atoms with Crippen molar-refractivity contribution < 1.29 is 9.53 Å². The molecule has 2 aromatic heterocycles. The molecule has 0 atom stereocenters. The van der Waals surface area contributed by atoms with Gasteiger partial charge in [0.2, 0.25) is 0 Å². The molecule has 0 aliphatic heterocycles. The van der Waals surface area contributed by atoms with E-state index in [9.17, 15) is 4.79 Å². The quantitative estimate of drug-likeness (QED) is 0.854. The van der Waals surface area contributed by atoms with Crippen LogP contribution in [0.1, 0.15) is 34.4 Å². The Balaban J connectivity index is 2.15. The van der Waals surface area contributed by atoms with Crippen molar-refractivity contribution in [3.05, 3.63) is 39.4 Å². The minimum atomic E-state index is -0.446. The van der Waals surface area contributed by atoms with Crippen molar-refractivity contribution >= 4 is 27.6 Å². The highest BCUT2D eigenvalue weighted by Gasteiger charge is 2.17. The first-order valence-electron chi connectivity index (χ1n) is 6.53. The molecule has 0 radical (unpaired) electrons.